The molecule has 9 nitrogen and oxygen atoms in total. The fourth-order valence-electron chi connectivity index (χ4n) is 2.11. The Hall–Kier alpha value is -1.51. The quantitative estimate of drug-likeness (QED) is 0.0855. The minimum absolute atomic E-state index is 0.0334. The lowest BCUT2D eigenvalue weighted by atomic mass is 10.1. The second-order valence-electron chi connectivity index (χ2n) is 4.86. The van der Waals surface area contributed by atoms with E-state index >= 15 is 0 Å². The molecule has 1 amide bonds. The highest BCUT2D eigenvalue weighted by Gasteiger charge is 2.14. The molecule has 6 N–H and O–H groups in total. The van der Waals surface area contributed by atoms with Crippen molar-refractivity contribution in [1.29, 1.82) is 0 Å². The second-order valence-corrected chi connectivity index (χ2v) is 7.01. The Morgan fingerprint density at radius 3 is 2.19 bits per heavy atom. The Balaban J connectivity index is 0.00000123. The van der Waals surface area contributed by atoms with Gasteiger partial charge in [0.1, 0.15) is 4.90 Å². The lowest BCUT2D eigenvalue weighted by Crippen LogP contribution is -2.29. The zero-order valence-electron chi connectivity index (χ0n) is 14.6. The number of rotatable bonds is 6. The van der Waals surface area contributed by atoms with Crippen molar-refractivity contribution in [2.24, 2.45) is 0 Å². The summed E-state index contributed by atoms with van der Waals surface area (Å²) in [6.45, 7) is 2.91. The molecule has 0 radical (unpaired) electrons. The number of aliphatic hydroxyl groups is 1. The molecule has 11 heteroatoms. The van der Waals surface area contributed by atoms with Crippen molar-refractivity contribution in [2.75, 3.05) is 29.4 Å². The number of nitrogens with one attached hydrogen (secondary N) is 2. The standard InChI is InChI=1S/C14H15IN2O4S.C2H6O.H2O2/c15-9-14(18)17-8-7-16-12-5-1-4-11-10(12)3-2-6-13(11)22(19,20)21;1-2-3;1-2/h1-6,16H,7-9H2,(H,17,18)(H,19,20,21);3H,2H2,1H3;1-2H. The third-order valence-corrected chi connectivity index (χ3v) is 4.65. The Labute approximate surface area is 171 Å². The number of hydrogen-bond acceptors (Lipinski definition) is 7. The first kappa shape index (κ1) is 25.5. The van der Waals surface area contributed by atoms with Crippen LogP contribution in [0.1, 0.15) is 6.92 Å². The van der Waals surface area contributed by atoms with Gasteiger partial charge in [-0.1, -0.05) is 46.9 Å². The lowest BCUT2D eigenvalue weighted by Gasteiger charge is -2.11. The average molecular weight is 514 g/mol. The molecule has 0 aromatic heterocycles. The Kier molecular flexibility index (Phi) is 12.9. The first-order valence-corrected chi connectivity index (χ1v) is 10.7. The number of anilines is 1. The largest absolute Gasteiger partial charge is 0.397 e. The minimum Gasteiger partial charge on any atom is -0.397 e. The zero-order valence-corrected chi connectivity index (χ0v) is 17.6. The maximum absolute atomic E-state index is 11.4. The molecule has 0 fully saturated rings. The van der Waals surface area contributed by atoms with Crippen molar-refractivity contribution in [3.63, 3.8) is 0 Å². The van der Waals surface area contributed by atoms with Gasteiger partial charge in [0, 0.05) is 36.2 Å². The van der Waals surface area contributed by atoms with E-state index < -0.39 is 10.1 Å². The smallest absolute Gasteiger partial charge is 0.295 e. The molecule has 0 aliphatic heterocycles. The summed E-state index contributed by atoms with van der Waals surface area (Å²) in [7, 11) is -4.27. The number of fused-ring (bicyclic) bond motifs is 1. The molecule has 152 valence electrons. The normalized spacial score (nSPS) is 10.1. The van der Waals surface area contributed by atoms with Crippen LogP contribution in [0.3, 0.4) is 0 Å². The number of carbonyl (C=O) groups is 1. The van der Waals surface area contributed by atoms with Gasteiger partial charge in [0.15, 0.2) is 0 Å². The first-order valence-electron chi connectivity index (χ1n) is 7.71. The highest BCUT2D eigenvalue weighted by Crippen LogP contribution is 2.28. The predicted molar refractivity (Wildman–Crippen MR) is 112 cm³/mol. The van der Waals surface area contributed by atoms with Crippen LogP contribution in [0.5, 0.6) is 0 Å². The Bertz CT molecular complexity index is 816. The maximum atomic E-state index is 11.4. The molecule has 2 rings (SSSR count). The summed E-state index contributed by atoms with van der Waals surface area (Å²) in [5.74, 6) is -0.0334. The van der Waals surface area contributed by atoms with E-state index in [2.05, 4.69) is 10.6 Å². The second kappa shape index (κ2) is 13.6. The molecule has 0 atom stereocenters. The van der Waals surface area contributed by atoms with Crippen LogP contribution in [0.15, 0.2) is 41.3 Å². The molecule has 0 saturated carbocycles. The molecule has 2 aromatic carbocycles. The van der Waals surface area contributed by atoms with Crippen molar-refractivity contribution in [3.05, 3.63) is 36.4 Å². The Morgan fingerprint density at radius 2 is 1.63 bits per heavy atom. The fourth-order valence-corrected chi connectivity index (χ4v) is 3.08. The summed E-state index contributed by atoms with van der Waals surface area (Å²) in [5.41, 5.74) is 0.742. The van der Waals surface area contributed by atoms with E-state index in [9.17, 15) is 17.8 Å². The van der Waals surface area contributed by atoms with Gasteiger partial charge in [-0.05, 0) is 19.1 Å². The van der Waals surface area contributed by atoms with E-state index in [0.717, 1.165) is 5.69 Å². The number of halogens is 1. The van der Waals surface area contributed by atoms with Crippen molar-refractivity contribution in [1.82, 2.24) is 5.32 Å². The van der Waals surface area contributed by atoms with Crippen molar-refractivity contribution in [3.8, 4) is 0 Å². The molecule has 0 unspecified atom stereocenters. The van der Waals surface area contributed by atoms with Crippen molar-refractivity contribution in [2.45, 2.75) is 11.8 Å². The number of alkyl halides is 1. The lowest BCUT2D eigenvalue weighted by molar-refractivity contribution is -0.176. The number of aliphatic hydroxyl groups excluding tert-OH is 1. The van der Waals surface area contributed by atoms with Crippen LogP contribution in [0.2, 0.25) is 0 Å². The molecule has 0 spiro atoms. The van der Waals surface area contributed by atoms with Crippen LogP contribution in [0.4, 0.5) is 5.69 Å². The van der Waals surface area contributed by atoms with Gasteiger partial charge in [0.2, 0.25) is 5.91 Å². The molecule has 0 heterocycles. The molecular weight excluding hydrogens is 491 g/mol. The molecular formula is C16H23IN2O7S. The van der Waals surface area contributed by atoms with Gasteiger partial charge >= 0.3 is 0 Å². The fraction of sp³-hybridized carbons (Fsp3) is 0.312. The van der Waals surface area contributed by atoms with Gasteiger partial charge in [-0.3, -0.25) is 19.9 Å². The summed E-state index contributed by atoms with van der Waals surface area (Å²) in [4.78, 5) is 11.0. The van der Waals surface area contributed by atoms with Crippen LogP contribution in [0, 0.1) is 0 Å². The maximum Gasteiger partial charge on any atom is 0.295 e. The SMILES string of the molecule is CCO.O=C(CI)NCCNc1cccc2c(S(=O)(=O)O)cccc12.OO. The summed E-state index contributed by atoms with van der Waals surface area (Å²) >= 11 is 1.99. The van der Waals surface area contributed by atoms with Crippen molar-refractivity contribution >= 4 is 55.1 Å². The Morgan fingerprint density at radius 1 is 1.07 bits per heavy atom. The van der Waals surface area contributed by atoms with Crippen LogP contribution in [-0.4, -0.2) is 58.6 Å². The van der Waals surface area contributed by atoms with E-state index in [0.29, 0.717) is 28.3 Å². The van der Waals surface area contributed by atoms with E-state index in [1.165, 1.54) is 6.07 Å². The predicted octanol–water partition coefficient (Wildman–Crippen LogP) is 2.07. The van der Waals surface area contributed by atoms with Crippen LogP contribution in [0.25, 0.3) is 10.8 Å². The van der Waals surface area contributed by atoms with Gasteiger partial charge in [0.25, 0.3) is 10.1 Å². The van der Waals surface area contributed by atoms with Crippen molar-refractivity contribution < 1.29 is 33.4 Å². The molecule has 27 heavy (non-hydrogen) atoms. The van der Waals surface area contributed by atoms with E-state index in [-0.39, 0.29) is 17.4 Å². The van der Waals surface area contributed by atoms with Crippen LogP contribution >= 0.6 is 22.6 Å². The monoisotopic (exact) mass is 514 g/mol. The number of carbonyl (C=O) groups excluding carboxylic acids is 1. The summed E-state index contributed by atoms with van der Waals surface area (Å²) < 4.78 is 32.5. The van der Waals surface area contributed by atoms with Gasteiger partial charge in [-0.15, -0.1) is 0 Å². The van der Waals surface area contributed by atoms with E-state index in [1.54, 1.807) is 31.2 Å². The van der Waals surface area contributed by atoms with E-state index in [4.69, 9.17) is 15.6 Å². The number of benzene rings is 2. The number of hydrogen-bond donors (Lipinski definition) is 6. The third kappa shape index (κ3) is 8.81. The van der Waals surface area contributed by atoms with Crippen LogP contribution < -0.4 is 10.6 Å². The zero-order chi connectivity index (χ0) is 20.9. The van der Waals surface area contributed by atoms with Gasteiger partial charge < -0.3 is 15.7 Å². The molecule has 0 bridgehead atoms. The summed E-state index contributed by atoms with van der Waals surface area (Å²) in [5, 5.41) is 26.6. The summed E-state index contributed by atoms with van der Waals surface area (Å²) in [6, 6.07) is 9.88. The minimum atomic E-state index is -4.27. The van der Waals surface area contributed by atoms with Gasteiger partial charge in [0.05, 0.1) is 4.43 Å². The molecule has 0 aliphatic rings. The molecule has 0 aliphatic carbocycles. The molecule has 0 saturated heterocycles. The van der Waals surface area contributed by atoms with Crippen LogP contribution in [-0.2, 0) is 14.9 Å². The summed E-state index contributed by atoms with van der Waals surface area (Å²) in [6.07, 6.45) is 0. The van der Waals surface area contributed by atoms with Gasteiger partial charge in [-0.25, -0.2) is 0 Å². The highest BCUT2D eigenvalue weighted by atomic mass is 127. The topological polar surface area (TPSA) is 156 Å². The van der Waals surface area contributed by atoms with Gasteiger partial charge in [-0.2, -0.15) is 8.42 Å². The number of amides is 1. The third-order valence-electron chi connectivity index (χ3n) is 3.04. The first-order chi connectivity index (χ1) is 12.8. The highest BCUT2D eigenvalue weighted by molar-refractivity contribution is 14.1. The van der Waals surface area contributed by atoms with E-state index in [1.807, 2.05) is 28.7 Å². The average Bonchev–Trinajstić information content (AvgIpc) is 2.66. The molecule has 2 aromatic rings.